The minimum Gasteiger partial charge on any atom is -0.309 e. The molecule has 0 bridgehead atoms. The van der Waals surface area contributed by atoms with Gasteiger partial charge in [-0.15, -0.1) is 0 Å². The van der Waals surface area contributed by atoms with Gasteiger partial charge < -0.3 is 4.90 Å². The van der Waals surface area contributed by atoms with Crippen LogP contribution in [0.2, 0.25) is 0 Å². The van der Waals surface area contributed by atoms with Gasteiger partial charge in [-0.2, -0.15) is 0 Å². The summed E-state index contributed by atoms with van der Waals surface area (Å²) in [5.41, 5.74) is 18.2. The second-order valence-corrected chi connectivity index (χ2v) is 26.8. The maximum atomic E-state index is 2.59. The van der Waals surface area contributed by atoms with Gasteiger partial charge in [0.05, 0.1) is 16.8 Å². The van der Waals surface area contributed by atoms with Gasteiger partial charge in [-0.05, 0) is 139 Å². The van der Waals surface area contributed by atoms with Crippen LogP contribution >= 0.6 is 15.1 Å². The molecule has 390 valence electrons. The average molecular weight is 1100 g/mol. The van der Waals surface area contributed by atoms with Crippen LogP contribution in [0.25, 0.3) is 119 Å². The number of hydrogen-bond acceptors (Lipinski definition) is 1. The molecule has 2 aromatic heterocycles. The highest BCUT2D eigenvalue weighted by Gasteiger charge is 2.52. The number of hydrogen-bond donors (Lipinski definition) is 0. The third kappa shape index (κ3) is 6.57. The summed E-state index contributed by atoms with van der Waals surface area (Å²) in [6.07, 6.45) is 0. The van der Waals surface area contributed by atoms with Gasteiger partial charge in [-0.1, -0.05) is 300 Å². The maximum Gasteiger partial charge on any atom is 0.0754 e. The summed E-state index contributed by atoms with van der Waals surface area (Å²) < 4.78 is 0. The normalized spacial score (nSPS) is 13.5. The second-order valence-electron chi connectivity index (χ2n) is 22.6. The second kappa shape index (κ2) is 18.5. The lowest BCUT2D eigenvalue weighted by Gasteiger charge is -2.46. The minimum absolute atomic E-state index is 0.612. The van der Waals surface area contributed by atoms with Gasteiger partial charge in [-0.3, -0.25) is 0 Å². The van der Waals surface area contributed by atoms with Crippen molar-refractivity contribution in [2.75, 3.05) is 4.90 Å². The van der Waals surface area contributed by atoms with Crippen LogP contribution in [0.5, 0.6) is 0 Å². The lowest BCUT2D eigenvalue weighted by Crippen LogP contribution is -2.36. The highest BCUT2D eigenvalue weighted by atomic mass is 31.1. The van der Waals surface area contributed by atoms with Gasteiger partial charge in [0.2, 0.25) is 0 Å². The molecule has 0 radical (unpaired) electrons. The molecule has 84 heavy (non-hydrogen) atoms. The lowest BCUT2D eigenvalue weighted by molar-refractivity contribution is 0.753. The number of fused-ring (bicyclic) bond motifs is 17. The Morgan fingerprint density at radius 1 is 0.250 bits per heavy atom. The average Bonchev–Trinajstić information content (AvgIpc) is 2.46. The first-order valence-corrected chi connectivity index (χ1v) is 31.9. The molecular formula is C81H51NP2. The Balaban J connectivity index is 1.02. The molecule has 1 nitrogen and oxygen atoms in total. The number of rotatable bonds is 6. The molecule has 1 spiro atoms. The topological polar surface area (TPSA) is 3.24 Å². The summed E-state index contributed by atoms with van der Waals surface area (Å²) in [6.45, 7) is 0. The molecule has 16 aromatic rings. The molecule has 3 heteroatoms. The zero-order valence-electron chi connectivity index (χ0n) is 45.8. The Morgan fingerprint density at radius 3 is 1.18 bits per heavy atom. The predicted octanol–water partition coefficient (Wildman–Crippen LogP) is 23.7. The third-order valence-electron chi connectivity index (χ3n) is 18.5. The molecule has 0 saturated heterocycles. The van der Waals surface area contributed by atoms with Crippen LogP contribution in [0.4, 0.5) is 17.1 Å². The number of nitrogens with zero attached hydrogens (tertiary/aromatic N) is 1. The monoisotopic (exact) mass is 1100 g/mol. The quantitative estimate of drug-likeness (QED) is 0.150. The molecule has 2 aliphatic rings. The Morgan fingerprint density at radius 2 is 0.631 bits per heavy atom. The van der Waals surface area contributed by atoms with E-state index in [0.717, 1.165) is 5.69 Å². The molecule has 2 atom stereocenters. The van der Waals surface area contributed by atoms with Crippen LogP contribution in [-0.2, 0) is 5.41 Å². The van der Waals surface area contributed by atoms with Crippen molar-refractivity contribution in [3.8, 4) is 55.1 Å². The summed E-state index contributed by atoms with van der Waals surface area (Å²) in [5.74, 6) is 0. The molecule has 0 fully saturated rings. The van der Waals surface area contributed by atoms with Crippen molar-refractivity contribution in [3.63, 3.8) is 0 Å². The molecule has 3 heterocycles. The number of anilines is 3. The summed E-state index contributed by atoms with van der Waals surface area (Å²) >= 11 is 0. The number of para-hydroxylation sites is 3. The first-order chi connectivity index (χ1) is 41.8. The van der Waals surface area contributed by atoms with E-state index in [9.17, 15) is 0 Å². The van der Waals surface area contributed by atoms with Crippen LogP contribution in [0.3, 0.4) is 0 Å². The molecule has 0 amide bonds. The van der Waals surface area contributed by atoms with Crippen molar-refractivity contribution >= 4 is 95.7 Å². The largest absolute Gasteiger partial charge is 0.309 e. The first kappa shape index (κ1) is 47.6. The Kier molecular flexibility index (Phi) is 10.5. The highest BCUT2D eigenvalue weighted by Crippen LogP contribution is 2.66. The van der Waals surface area contributed by atoms with Gasteiger partial charge in [-0.25, -0.2) is 0 Å². The molecule has 18 rings (SSSR count). The van der Waals surface area contributed by atoms with Gasteiger partial charge >= 0.3 is 0 Å². The van der Waals surface area contributed by atoms with E-state index in [2.05, 4.69) is 314 Å². The molecular weight excluding hydrogens is 1050 g/mol. The van der Waals surface area contributed by atoms with Crippen molar-refractivity contribution in [3.05, 3.63) is 332 Å². The van der Waals surface area contributed by atoms with E-state index in [1.54, 1.807) is 0 Å². The van der Waals surface area contributed by atoms with Crippen molar-refractivity contribution in [2.24, 2.45) is 0 Å². The SMILES string of the molecule is c1ccc(N2c3ccccc3C3(c4ccccc4-c4ccccc43)c3cccc(-c4c5cccc(-c6cccc7c8ccccc8p(-c8ccccc8)c67)c5cc5c(-c6cccc7c8ccccc8p(-c8ccccc8)c67)cccc45)c32)cc1. The van der Waals surface area contributed by atoms with Gasteiger partial charge in [0.25, 0.3) is 0 Å². The molecule has 2 unspecified atom stereocenters. The molecule has 0 N–H and O–H groups in total. The fraction of sp³-hybridized carbons (Fsp3) is 0.0123. The Bertz CT molecular complexity index is 5120. The van der Waals surface area contributed by atoms with E-state index in [1.807, 2.05) is 0 Å². The molecule has 1 aliphatic carbocycles. The fourth-order valence-electron chi connectivity index (χ4n) is 15.3. The van der Waals surface area contributed by atoms with Crippen LogP contribution in [0.1, 0.15) is 22.3 Å². The fourth-order valence-corrected chi connectivity index (χ4v) is 20.9. The summed E-state index contributed by atoms with van der Waals surface area (Å²) in [5, 5.41) is 18.7. The van der Waals surface area contributed by atoms with Crippen LogP contribution < -0.4 is 4.90 Å². The van der Waals surface area contributed by atoms with E-state index in [-0.39, 0.29) is 0 Å². The number of benzene rings is 14. The van der Waals surface area contributed by atoms with Crippen LogP contribution in [0.15, 0.2) is 309 Å². The summed E-state index contributed by atoms with van der Waals surface area (Å²) in [6, 6.07) is 118. The molecule has 14 aromatic carbocycles. The van der Waals surface area contributed by atoms with Crippen LogP contribution in [-0.4, -0.2) is 0 Å². The summed E-state index contributed by atoms with van der Waals surface area (Å²) in [4.78, 5) is 2.59. The first-order valence-electron chi connectivity index (χ1n) is 29.2. The zero-order valence-corrected chi connectivity index (χ0v) is 47.6. The van der Waals surface area contributed by atoms with E-state index < -0.39 is 20.5 Å². The van der Waals surface area contributed by atoms with E-state index in [1.165, 1.54) is 152 Å². The molecule has 1 aliphatic heterocycles. The lowest BCUT2D eigenvalue weighted by atomic mass is 9.64. The van der Waals surface area contributed by atoms with E-state index >= 15 is 0 Å². The van der Waals surface area contributed by atoms with Crippen molar-refractivity contribution in [2.45, 2.75) is 5.41 Å². The Labute approximate surface area is 489 Å². The Hall–Kier alpha value is -10.0. The minimum atomic E-state index is -0.872. The standard InChI is InChI=1S/C81H51NP2/c1-4-25-52(26-5-1)82-74-48-17-16-46-72(74)81(70-44-14-10-31-57(70)58-32-11-15-45-71(58)81)73-47-24-43-67(78(73)82)77-61-37-20-35-55(63-39-22-41-65-59-33-12-18-49-75(59)83(79(63)65)53-27-6-2-7-28-53)68(61)51-69-56(36-21-38-62(69)77)64-40-23-42-66-60-34-13-19-50-76(60)84(80(64)66)54-29-8-3-9-30-54/h1-51H. The van der Waals surface area contributed by atoms with Gasteiger partial charge in [0.1, 0.15) is 0 Å². The zero-order chi connectivity index (χ0) is 55.0. The van der Waals surface area contributed by atoms with Crippen LogP contribution in [0, 0.1) is 0 Å². The smallest absolute Gasteiger partial charge is 0.0754 e. The van der Waals surface area contributed by atoms with Gasteiger partial charge in [0, 0.05) is 31.7 Å². The highest BCUT2D eigenvalue weighted by molar-refractivity contribution is 7.68. The molecule has 0 saturated carbocycles. The van der Waals surface area contributed by atoms with Crippen molar-refractivity contribution in [1.29, 1.82) is 0 Å². The van der Waals surface area contributed by atoms with Crippen molar-refractivity contribution in [1.82, 2.24) is 0 Å². The van der Waals surface area contributed by atoms with E-state index in [0.29, 0.717) is 0 Å². The maximum absolute atomic E-state index is 2.59. The predicted molar refractivity (Wildman–Crippen MR) is 361 cm³/mol. The summed E-state index contributed by atoms with van der Waals surface area (Å²) in [7, 11) is -1.74. The van der Waals surface area contributed by atoms with E-state index in [4.69, 9.17) is 0 Å². The van der Waals surface area contributed by atoms with Gasteiger partial charge in [0.15, 0.2) is 0 Å². The van der Waals surface area contributed by atoms with Crippen molar-refractivity contribution < 1.29 is 0 Å². The third-order valence-corrected chi connectivity index (χ3v) is 23.7.